The summed E-state index contributed by atoms with van der Waals surface area (Å²) in [5, 5.41) is 3.14. The number of carbonyl (C=O) groups is 2. The van der Waals surface area contributed by atoms with Crippen LogP contribution in [0.1, 0.15) is 62.6 Å². The summed E-state index contributed by atoms with van der Waals surface area (Å²) in [6.45, 7) is 3.42. The van der Waals surface area contributed by atoms with E-state index in [1.54, 1.807) is 4.90 Å². The Morgan fingerprint density at radius 3 is 2.71 bits per heavy atom. The molecular weight excluding hydrogens is 300 g/mol. The number of carbonyl (C=O) groups excluding carboxylic acids is 2. The molecule has 130 valence electrons. The average Bonchev–Trinajstić information content (AvgIpc) is 2.61. The van der Waals surface area contributed by atoms with Gasteiger partial charge in [0.25, 0.3) is 0 Å². The first-order valence-corrected chi connectivity index (χ1v) is 9.35. The molecular formula is C20H28N2O2. The Kier molecular flexibility index (Phi) is 5.54. The smallest absolute Gasteiger partial charge is 0.247 e. The van der Waals surface area contributed by atoms with E-state index < -0.39 is 6.04 Å². The average molecular weight is 328 g/mol. The Morgan fingerprint density at radius 1 is 1.21 bits per heavy atom. The van der Waals surface area contributed by atoms with E-state index in [-0.39, 0.29) is 11.8 Å². The van der Waals surface area contributed by atoms with Crippen molar-refractivity contribution in [2.75, 3.05) is 13.1 Å². The molecule has 2 amide bonds. The topological polar surface area (TPSA) is 49.4 Å². The number of nitrogens with one attached hydrogen (secondary N) is 1. The maximum Gasteiger partial charge on any atom is 0.247 e. The molecule has 1 atom stereocenters. The Hall–Kier alpha value is -1.84. The fraction of sp³-hybridized carbons (Fsp3) is 0.600. The van der Waals surface area contributed by atoms with Crippen LogP contribution < -0.4 is 5.32 Å². The van der Waals surface area contributed by atoms with Crippen molar-refractivity contribution in [2.45, 2.75) is 57.9 Å². The zero-order chi connectivity index (χ0) is 16.9. The first-order valence-electron chi connectivity index (χ1n) is 9.35. The minimum Gasteiger partial charge on any atom is -0.354 e. The highest BCUT2D eigenvalue weighted by Crippen LogP contribution is 2.31. The van der Waals surface area contributed by atoms with Gasteiger partial charge < -0.3 is 10.2 Å². The lowest BCUT2D eigenvalue weighted by atomic mass is 9.88. The molecule has 1 fully saturated rings. The van der Waals surface area contributed by atoms with Crippen molar-refractivity contribution in [1.29, 1.82) is 0 Å². The predicted octanol–water partition coefficient (Wildman–Crippen LogP) is 3.22. The van der Waals surface area contributed by atoms with Gasteiger partial charge in [0.2, 0.25) is 11.8 Å². The summed E-state index contributed by atoms with van der Waals surface area (Å²) >= 11 is 0. The molecule has 0 spiro atoms. The van der Waals surface area contributed by atoms with E-state index in [0.717, 1.165) is 24.1 Å². The number of amides is 2. The zero-order valence-electron chi connectivity index (χ0n) is 14.6. The van der Waals surface area contributed by atoms with Crippen molar-refractivity contribution < 1.29 is 9.59 Å². The number of nitrogens with zero attached hydrogens (tertiary/aromatic N) is 1. The van der Waals surface area contributed by atoms with Crippen molar-refractivity contribution in [3.8, 4) is 0 Å². The van der Waals surface area contributed by atoms with Gasteiger partial charge in [0.15, 0.2) is 0 Å². The molecule has 1 saturated carbocycles. The summed E-state index contributed by atoms with van der Waals surface area (Å²) in [4.78, 5) is 27.2. The fourth-order valence-electron chi connectivity index (χ4n) is 4.05. The van der Waals surface area contributed by atoms with Crippen molar-refractivity contribution in [3.63, 3.8) is 0 Å². The molecule has 0 radical (unpaired) electrons. The maximum atomic E-state index is 12.9. The summed E-state index contributed by atoms with van der Waals surface area (Å²) in [7, 11) is 0. The SMILES string of the molecule is CCCN1C(=O)Cc2ccccc2[C@H]1C(=O)NCC1CCCCC1. The summed E-state index contributed by atoms with van der Waals surface area (Å²) in [6, 6.07) is 7.40. The van der Waals surface area contributed by atoms with Gasteiger partial charge in [0, 0.05) is 13.1 Å². The maximum absolute atomic E-state index is 12.9. The third-order valence-corrected chi connectivity index (χ3v) is 5.33. The van der Waals surface area contributed by atoms with Crippen molar-refractivity contribution >= 4 is 11.8 Å². The molecule has 0 bridgehead atoms. The standard InChI is InChI=1S/C20H28N2O2/c1-2-12-22-18(23)13-16-10-6-7-11-17(16)19(22)20(24)21-14-15-8-4-3-5-9-15/h6-7,10-11,15,19H,2-5,8-9,12-14H2,1H3,(H,21,24)/t19-/m0/s1. The third kappa shape index (κ3) is 3.63. The quantitative estimate of drug-likeness (QED) is 0.902. The van der Waals surface area contributed by atoms with Crippen LogP contribution in [0.25, 0.3) is 0 Å². The van der Waals surface area contributed by atoms with Gasteiger partial charge >= 0.3 is 0 Å². The normalized spacial score (nSPS) is 21.5. The Labute approximate surface area is 144 Å². The van der Waals surface area contributed by atoms with Crippen LogP contribution in [0.5, 0.6) is 0 Å². The molecule has 4 heteroatoms. The lowest BCUT2D eigenvalue weighted by Gasteiger charge is -2.36. The Bertz CT molecular complexity index is 593. The Morgan fingerprint density at radius 2 is 1.96 bits per heavy atom. The lowest BCUT2D eigenvalue weighted by Crippen LogP contribution is -2.48. The van der Waals surface area contributed by atoms with Gasteiger partial charge in [-0.15, -0.1) is 0 Å². The molecule has 1 N–H and O–H groups in total. The summed E-state index contributed by atoms with van der Waals surface area (Å²) in [5.74, 6) is 0.639. The third-order valence-electron chi connectivity index (χ3n) is 5.33. The van der Waals surface area contributed by atoms with Crippen LogP contribution >= 0.6 is 0 Å². The predicted molar refractivity (Wildman–Crippen MR) is 94.5 cm³/mol. The highest BCUT2D eigenvalue weighted by Gasteiger charge is 2.36. The van der Waals surface area contributed by atoms with Gasteiger partial charge in [-0.05, 0) is 36.3 Å². The van der Waals surface area contributed by atoms with E-state index in [9.17, 15) is 9.59 Å². The molecule has 1 heterocycles. The Balaban J connectivity index is 1.76. The molecule has 4 nitrogen and oxygen atoms in total. The van der Waals surface area contributed by atoms with Crippen LogP contribution in [-0.4, -0.2) is 29.8 Å². The van der Waals surface area contributed by atoms with E-state index in [4.69, 9.17) is 0 Å². The summed E-state index contributed by atoms with van der Waals surface area (Å²) < 4.78 is 0. The highest BCUT2D eigenvalue weighted by atomic mass is 16.2. The van der Waals surface area contributed by atoms with Crippen LogP contribution in [0, 0.1) is 5.92 Å². The second-order valence-corrected chi connectivity index (χ2v) is 7.11. The molecule has 1 aromatic rings. The lowest BCUT2D eigenvalue weighted by molar-refractivity contribution is -0.141. The number of hydrogen-bond donors (Lipinski definition) is 1. The van der Waals surface area contributed by atoms with Gasteiger partial charge in [-0.2, -0.15) is 0 Å². The molecule has 0 saturated heterocycles. The second kappa shape index (κ2) is 7.82. The van der Waals surface area contributed by atoms with Crippen molar-refractivity contribution in [3.05, 3.63) is 35.4 Å². The monoisotopic (exact) mass is 328 g/mol. The van der Waals surface area contributed by atoms with Crippen LogP contribution in [0.2, 0.25) is 0 Å². The number of fused-ring (bicyclic) bond motifs is 1. The second-order valence-electron chi connectivity index (χ2n) is 7.11. The van der Waals surface area contributed by atoms with E-state index in [2.05, 4.69) is 5.32 Å². The largest absolute Gasteiger partial charge is 0.354 e. The van der Waals surface area contributed by atoms with Gasteiger partial charge in [0.1, 0.15) is 6.04 Å². The molecule has 2 aliphatic rings. The molecule has 0 unspecified atom stereocenters. The first-order chi connectivity index (χ1) is 11.7. The number of rotatable bonds is 5. The minimum atomic E-state index is -0.467. The summed E-state index contributed by atoms with van der Waals surface area (Å²) in [6.07, 6.45) is 7.54. The number of benzene rings is 1. The van der Waals surface area contributed by atoms with Gasteiger partial charge in [0.05, 0.1) is 6.42 Å². The van der Waals surface area contributed by atoms with Crippen LogP contribution in [0.15, 0.2) is 24.3 Å². The van der Waals surface area contributed by atoms with Crippen molar-refractivity contribution in [2.24, 2.45) is 5.92 Å². The molecule has 1 aliphatic heterocycles. The first kappa shape index (κ1) is 17.0. The zero-order valence-corrected chi connectivity index (χ0v) is 14.6. The highest BCUT2D eigenvalue weighted by molar-refractivity contribution is 5.92. The van der Waals surface area contributed by atoms with Gasteiger partial charge in [-0.1, -0.05) is 50.5 Å². The van der Waals surface area contributed by atoms with Crippen LogP contribution in [-0.2, 0) is 16.0 Å². The summed E-state index contributed by atoms with van der Waals surface area (Å²) in [5.41, 5.74) is 1.99. The molecule has 24 heavy (non-hydrogen) atoms. The van der Waals surface area contributed by atoms with E-state index in [1.165, 1.54) is 32.1 Å². The van der Waals surface area contributed by atoms with E-state index >= 15 is 0 Å². The van der Waals surface area contributed by atoms with Crippen molar-refractivity contribution in [1.82, 2.24) is 10.2 Å². The molecule has 0 aromatic heterocycles. The number of hydrogen-bond acceptors (Lipinski definition) is 2. The van der Waals surface area contributed by atoms with Crippen LogP contribution in [0.3, 0.4) is 0 Å². The van der Waals surface area contributed by atoms with E-state index in [0.29, 0.717) is 18.9 Å². The fourth-order valence-corrected chi connectivity index (χ4v) is 4.05. The van der Waals surface area contributed by atoms with Gasteiger partial charge in [-0.25, -0.2) is 0 Å². The molecule has 3 rings (SSSR count). The van der Waals surface area contributed by atoms with Crippen LogP contribution in [0.4, 0.5) is 0 Å². The van der Waals surface area contributed by atoms with Gasteiger partial charge in [-0.3, -0.25) is 9.59 Å². The minimum absolute atomic E-state index is 0.0190. The van der Waals surface area contributed by atoms with E-state index in [1.807, 2.05) is 31.2 Å². The molecule has 1 aromatic carbocycles. The molecule has 1 aliphatic carbocycles.